The number of aromatic nitrogens is 3. The fourth-order valence-corrected chi connectivity index (χ4v) is 4.99. The highest BCUT2D eigenvalue weighted by atomic mass is 19.1. The third-order valence-corrected chi connectivity index (χ3v) is 6.80. The topological polar surface area (TPSA) is 87.0 Å². The number of methoxy groups -OCH3 is 1. The van der Waals surface area contributed by atoms with Crippen LogP contribution in [0, 0.1) is 0 Å². The van der Waals surface area contributed by atoms with Crippen LogP contribution in [-0.4, -0.2) is 77.5 Å². The lowest BCUT2D eigenvalue weighted by Crippen LogP contribution is -2.43. The summed E-state index contributed by atoms with van der Waals surface area (Å²) in [6.45, 7) is 2.74. The van der Waals surface area contributed by atoms with E-state index in [2.05, 4.69) is 32.6 Å². The number of nitrogens with one attached hydrogen (secondary N) is 2. The second kappa shape index (κ2) is 9.11. The third-order valence-electron chi connectivity index (χ3n) is 6.80. The first-order valence-corrected chi connectivity index (χ1v) is 11.5. The molecule has 9 nitrogen and oxygen atoms in total. The first-order valence-electron chi connectivity index (χ1n) is 11.5. The van der Waals surface area contributed by atoms with Crippen molar-refractivity contribution in [3.8, 4) is 0 Å². The van der Waals surface area contributed by atoms with E-state index >= 15 is 0 Å². The summed E-state index contributed by atoms with van der Waals surface area (Å²) in [4.78, 5) is 22.3. The molecule has 2 fully saturated rings. The van der Waals surface area contributed by atoms with E-state index in [1.54, 1.807) is 23.9 Å². The van der Waals surface area contributed by atoms with Gasteiger partial charge in [0, 0.05) is 37.7 Å². The molecule has 2 aromatic rings. The number of fused-ring (bicyclic) bond motifs is 1. The molecule has 0 aromatic carbocycles. The summed E-state index contributed by atoms with van der Waals surface area (Å²) in [7, 11) is 3.70. The number of carbonyl (C=O) groups is 1. The highest BCUT2D eigenvalue weighted by Crippen LogP contribution is 2.32. The predicted octanol–water partition coefficient (Wildman–Crippen LogP) is 1.84. The summed E-state index contributed by atoms with van der Waals surface area (Å²) in [5, 5.41) is 10.4. The van der Waals surface area contributed by atoms with Gasteiger partial charge in [0.2, 0.25) is 0 Å². The lowest BCUT2D eigenvalue weighted by atomic mass is 10.0. The molecule has 33 heavy (non-hydrogen) atoms. The summed E-state index contributed by atoms with van der Waals surface area (Å²) in [6.07, 6.45) is 9.58. The summed E-state index contributed by atoms with van der Waals surface area (Å²) in [5.74, 6) is 0.273. The molecule has 10 heteroatoms. The van der Waals surface area contributed by atoms with E-state index in [9.17, 15) is 9.18 Å². The van der Waals surface area contributed by atoms with Gasteiger partial charge in [-0.15, -0.1) is 0 Å². The Labute approximate surface area is 192 Å². The monoisotopic (exact) mass is 455 g/mol. The molecular weight excluding hydrogens is 425 g/mol. The Bertz CT molecular complexity index is 1090. The molecule has 2 atom stereocenters. The fourth-order valence-electron chi connectivity index (χ4n) is 4.99. The van der Waals surface area contributed by atoms with Crippen molar-refractivity contribution < 1.29 is 13.9 Å². The normalized spacial score (nSPS) is 24.5. The zero-order valence-electron chi connectivity index (χ0n) is 19.0. The number of likely N-dealkylation sites (tertiary alicyclic amines) is 1. The Balaban J connectivity index is 1.40. The SMILES string of the molecule is COC1NC=C(F)C=C1[C@H]1CCCN1c1ccn2ncc(C(=O)NC3CCN(C)CC3)c2n1. The summed E-state index contributed by atoms with van der Waals surface area (Å²) >= 11 is 0. The lowest BCUT2D eigenvalue weighted by molar-refractivity contribution is 0.0918. The van der Waals surface area contributed by atoms with Gasteiger partial charge in [-0.05, 0) is 58.0 Å². The molecule has 1 unspecified atom stereocenters. The molecule has 2 saturated heterocycles. The molecule has 5 heterocycles. The van der Waals surface area contributed by atoms with Crippen LogP contribution in [-0.2, 0) is 4.74 Å². The molecular formula is C23H30FN7O2. The molecule has 3 aliphatic rings. The van der Waals surface area contributed by atoms with Gasteiger partial charge in [0.15, 0.2) is 11.9 Å². The molecule has 0 bridgehead atoms. The van der Waals surface area contributed by atoms with Crippen LogP contribution < -0.4 is 15.5 Å². The van der Waals surface area contributed by atoms with Crippen LogP contribution >= 0.6 is 0 Å². The molecule has 3 aliphatic heterocycles. The molecule has 0 spiro atoms. The smallest absolute Gasteiger partial charge is 0.256 e. The van der Waals surface area contributed by atoms with E-state index in [1.807, 2.05) is 12.3 Å². The Kier molecular flexibility index (Phi) is 6.03. The van der Waals surface area contributed by atoms with Crippen molar-refractivity contribution in [2.75, 3.05) is 38.7 Å². The third kappa shape index (κ3) is 4.32. The minimum atomic E-state index is -0.385. The van der Waals surface area contributed by atoms with Crippen molar-refractivity contribution >= 4 is 17.4 Å². The number of allylic oxidation sites excluding steroid dienone is 2. The average Bonchev–Trinajstić information content (AvgIpc) is 3.47. The number of hydrogen-bond donors (Lipinski definition) is 2. The van der Waals surface area contributed by atoms with Crippen LogP contribution in [0.1, 0.15) is 36.0 Å². The van der Waals surface area contributed by atoms with E-state index < -0.39 is 0 Å². The van der Waals surface area contributed by atoms with Gasteiger partial charge >= 0.3 is 0 Å². The molecule has 176 valence electrons. The molecule has 1 amide bonds. The predicted molar refractivity (Wildman–Crippen MR) is 123 cm³/mol. The minimum Gasteiger partial charge on any atom is -0.360 e. The van der Waals surface area contributed by atoms with Gasteiger partial charge in [0.05, 0.1) is 12.2 Å². The van der Waals surface area contributed by atoms with Gasteiger partial charge in [-0.1, -0.05) is 0 Å². The second-order valence-corrected chi connectivity index (χ2v) is 8.97. The van der Waals surface area contributed by atoms with Crippen molar-refractivity contribution in [3.05, 3.63) is 47.7 Å². The number of amides is 1. The van der Waals surface area contributed by atoms with E-state index in [4.69, 9.17) is 9.72 Å². The minimum absolute atomic E-state index is 0.0451. The van der Waals surface area contributed by atoms with Gasteiger partial charge in [-0.3, -0.25) is 4.79 Å². The number of dihydropyridines is 1. The van der Waals surface area contributed by atoms with Crippen molar-refractivity contribution in [1.82, 2.24) is 30.1 Å². The molecule has 0 aliphatic carbocycles. The van der Waals surface area contributed by atoms with Crippen molar-refractivity contribution in [2.45, 2.75) is 44.0 Å². The van der Waals surface area contributed by atoms with E-state index in [-0.39, 0.29) is 30.0 Å². The Hall–Kier alpha value is -2.98. The highest BCUT2D eigenvalue weighted by molar-refractivity contribution is 5.99. The van der Waals surface area contributed by atoms with Crippen LogP contribution in [0.3, 0.4) is 0 Å². The van der Waals surface area contributed by atoms with Crippen molar-refractivity contribution in [3.63, 3.8) is 0 Å². The van der Waals surface area contributed by atoms with Crippen LogP contribution in [0.25, 0.3) is 5.65 Å². The molecule has 2 N–H and O–H groups in total. The average molecular weight is 456 g/mol. The number of rotatable bonds is 5. The maximum absolute atomic E-state index is 14.0. The second-order valence-electron chi connectivity index (χ2n) is 8.97. The number of ether oxygens (including phenoxy) is 1. The first-order chi connectivity index (χ1) is 16.0. The zero-order valence-corrected chi connectivity index (χ0v) is 19.0. The Morgan fingerprint density at radius 2 is 2.09 bits per heavy atom. The quantitative estimate of drug-likeness (QED) is 0.711. The number of nitrogens with zero attached hydrogens (tertiary/aromatic N) is 5. The number of piperidine rings is 1. The van der Waals surface area contributed by atoms with Gasteiger partial charge in [-0.2, -0.15) is 5.10 Å². The molecule has 5 rings (SSSR count). The maximum Gasteiger partial charge on any atom is 0.256 e. The zero-order chi connectivity index (χ0) is 22.9. The van der Waals surface area contributed by atoms with E-state index in [0.717, 1.165) is 56.7 Å². The Morgan fingerprint density at radius 1 is 1.27 bits per heavy atom. The van der Waals surface area contributed by atoms with Crippen molar-refractivity contribution in [1.29, 1.82) is 0 Å². The molecule has 0 radical (unpaired) electrons. The van der Waals surface area contributed by atoms with Gasteiger partial charge in [-0.25, -0.2) is 13.9 Å². The van der Waals surface area contributed by atoms with Crippen LogP contribution in [0.5, 0.6) is 0 Å². The highest BCUT2D eigenvalue weighted by Gasteiger charge is 2.34. The Morgan fingerprint density at radius 3 is 2.88 bits per heavy atom. The van der Waals surface area contributed by atoms with E-state index in [0.29, 0.717) is 11.2 Å². The van der Waals surface area contributed by atoms with Crippen LogP contribution in [0.4, 0.5) is 10.2 Å². The number of hydrogen-bond acceptors (Lipinski definition) is 7. The summed E-state index contributed by atoms with van der Waals surface area (Å²) < 4.78 is 21.2. The maximum atomic E-state index is 14.0. The summed E-state index contributed by atoms with van der Waals surface area (Å²) in [5.41, 5.74) is 1.83. The number of carbonyl (C=O) groups excluding carboxylic acids is 1. The van der Waals surface area contributed by atoms with Crippen LogP contribution in [0.2, 0.25) is 0 Å². The molecule has 2 aromatic heterocycles. The van der Waals surface area contributed by atoms with Gasteiger partial charge < -0.3 is 25.2 Å². The summed E-state index contributed by atoms with van der Waals surface area (Å²) in [6, 6.07) is 2.01. The number of halogens is 1. The number of anilines is 1. The van der Waals surface area contributed by atoms with E-state index in [1.165, 1.54) is 6.20 Å². The van der Waals surface area contributed by atoms with Crippen LogP contribution in [0.15, 0.2) is 42.1 Å². The lowest BCUT2D eigenvalue weighted by Gasteiger charge is -2.33. The van der Waals surface area contributed by atoms with Crippen molar-refractivity contribution in [2.24, 2.45) is 0 Å². The molecule has 0 saturated carbocycles. The standard InChI is InChI=1S/C23H30FN7O2/c1-29-9-5-16(6-10-29)27-22(32)18-14-26-31-11-7-20(28-21(18)31)30-8-3-4-19(30)17-12-15(24)13-25-23(17)33-2/h7,11-14,16,19,23,25H,3-6,8-10H2,1-2H3,(H,27,32)/t19-,23?/m1/s1. The fraction of sp³-hybridized carbons (Fsp3) is 0.522. The van der Waals surface area contributed by atoms with Gasteiger partial charge in [0.1, 0.15) is 17.2 Å². The largest absolute Gasteiger partial charge is 0.360 e. The first kappa shape index (κ1) is 21.8. The van der Waals surface area contributed by atoms with Gasteiger partial charge in [0.25, 0.3) is 5.91 Å².